The van der Waals surface area contributed by atoms with Crippen molar-refractivity contribution < 1.29 is 4.74 Å². The van der Waals surface area contributed by atoms with Crippen LogP contribution >= 0.6 is 0 Å². The van der Waals surface area contributed by atoms with E-state index >= 15 is 0 Å². The number of ether oxygens (including phenoxy) is 1. The van der Waals surface area contributed by atoms with E-state index in [1.165, 1.54) is 25.9 Å². The Hall–Kier alpha value is -0.810. The monoisotopic (exact) mass is 284 g/mol. The molecule has 1 aliphatic rings. The zero-order valence-corrected chi connectivity index (χ0v) is 13.4. The zero-order valence-electron chi connectivity index (χ0n) is 13.4. The molecule has 0 spiro atoms. The van der Waals surface area contributed by atoms with Gasteiger partial charge in [-0.3, -0.25) is 9.89 Å². The summed E-state index contributed by atoms with van der Waals surface area (Å²) in [4.78, 5) is 6.96. The minimum atomic E-state index is 0.478. The Morgan fingerprint density at radius 1 is 1.45 bits per heavy atom. The van der Waals surface area contributed by atoms with Crippen molar-refractivity contribution in [3.8, 4) is 0 Å². The number of piperidine rings is 1. The van der Waals surface area contributed by atoms with Crippen LogP contribution in [0.3, 0.4) is 0 Å². The van der Waals surface area contributed by atoms with Crippen molar-refractivity contribution in [1.29, 1.82) is 0 Å². The molecule has 0 radical (unpaired) electrons. The van der Waals surface area contributed by atoms with Crippen molar-refractivity contribution in [3.05, 3.63) is 0 Å². The molecule has 3 N–H and O–H groups in total. The first-order valence-electron chi connectivity index (χ1n) is 7.99. The summed E-state index contributed by atoms with van der Waals surface area (Å²) in [5.74, 6) is 1.43. The van der Waals surface area contributed by atoms with E-state index in [0.717, 1.165) is 38.6 Å². The van der Waals surface area contributed by atoms with Crippen LogP contribution < -0.4 is 11.1 Å². The largest absolute Gasteiger partial charge is 0.382 e. The van der Waals surface area contributed by atoms with E-state index in [0.29, 0.717) is 12.0 Å². The Bertz CT molecular complexity index is 275. The van der Waals surface area contributed by atoms with Gasteiger partial charge < -0.3 is 15.8 Å². The van der Waals surface area contributed by atoms with Crippen LogP contribution in [0.15, 0.2) is 4.99 Å². The number of nitrogens with two attached hydrogens (primary N) is 1. The van der Waals surface area contributed by atoms with Crippen LogP contribution in [0.4, 0.5) is 0 Å². The fourth-order valence-electron chi connectivity index (χ4n) is 2.41. The number of likely N-dealkylation sites (tertiary alicyclic amines) is 1. The van der Waals surface area contributed by atoms with Crippen molar-refractivity contribution in [2.75, 3.05) is 39.4 Å². The van der Waals surface area contributed by atoms with E-state index < -0.39 is 0 Å². The van der Waals surface area contributed by atoms with Gasteiger partial charge in [0, 0.05) is 25.8 Å². The zero-order chi connectivity index (χ0) is 14.8. The Labute approximate surface area is 124 Å². The molecule has 0 bridgehead atoms. The van der Waals surface area contributed by atoms with Gasteiger partial charge in [-0.1, -0.05) is 6.92 Å². The quantitative estimate of drug-likeness (QED) is 0.402. The summed E-state index contributed by atoms with van der Waals surface area (Å²) < 4.78 is 5.27. The second-order valence-electron chi connectivity index (χ2n) is 5.77. The van der Waals surface area contributed by atoms with Crippen molar-refractivity contribution in [2.24, 2.45) is 16.6 Å². The summed E-state index contributed by atoms with van der Waals surface area (Å²) in [5.41, 5.74) is 5.87. The number of nitrogens with one attached hydrogen (secondary N) is 1. The fourth-order valence-corrected chi connectivity index (χ4v) is 2.41. The van der Waals surface area contributed by atoms with E-state index in [2.05, 4.69) is 29.1 Å². The molecule has 1 heterocycles. The molecule has 20 heavy (non-hydrogen) atoms. The van der Waals surface area contributed by atoms with Gasteiger partial charge in [0.1, 0.15) is 0 Å². The lowest BCUT2D eigenvalue weighted by atomic mass is 9.98. The minimum absolute atomic E-state index is 0.478. The Morgan fingerprint density at radius 2 is 2.15 bits per heavy atom. The van der Waals surface area contributed by atoms with E-state index in [9.17, 15) is 0 Å². The maximum absolute atomic E-state index is 5.87. The summed E-state index contributed by atoms with van der Waals surface area (Å²) in [7, 11) is 0. The predicted octanol–water partition coefficient (Wildman–Crippen LogP) is 1.44. The van der Waals surface area contributed by atoms with Crippen LogP contribution in [-0.4, -0.2) is 56.3 Å². The van der Waals surface area contributed by atoms with E-state index in [1.54, 1.807) is 0 Å². The van der Waals surface area contributed by atoms with Crippen LogP contribution in [0.5, 0.6) is 0 Å². The van der Waals surface area contributed by atoms with Gasteiger partial charge >= 0.3 is 0 Å². The van der Waals surface area contributed by atoms with Crippen molar-refractivity contribution in [3.63, 3.8) is 0 Å². The standard InChI is InChI=1S/C15H32N4O/c1-4-20-11-5-8-17-15(16)18-12-14(3)19-9-6-13(2)7-10-19/h13-14H,4-12H2,1-3H3,(H3,16,17,18)/t14-/m1/s1. The molecule has 0 amide bonds. The van der Waals surface area contributed by atoms with Crippen LogP contribution in [0, 0.1) is 5.92 Å². The number of rotatable bonds is 8. The lowest BCUT2D eigenvalue weighted by Crippen LogP contribution is -2.42. The first-order chi connectivity index (χ1) is 9.63. The first kappa shape index (κ1) is 17.2. The number of hydrogen-bond donors (Lipinski definition) is 2. The highest BCUT2D eigenvalue weighted by Gasteiger charge is 2.19. The average molecular weight is 284 g/mol. The lowest BCUT2D eigenvalue weighted by Gasteiger charge is -2.34. The Balaban J connectivity index is 2.14. The van der Waals surface area contributed by atoms with Crippen LogP contribution in [0.1, 0.15) is 40.0 Å². The van der Waals surface area contributed by atoms with Gasteiger partial charge in [0.2, 0.25) is 0 Å². The highest BCUT2D eigenvalue weighted by Crippen LogP contribution is 2.17. The highest BCUT2D eigenvalue weighted by atomic mass is 16.5. The molecule has 0 unspecified atom stereocenters. The third kappa shape index (κ3) is 7.10. The molecule has 0 aromatic carbocycles. The molecule has 1 atom stereocenters. The SMILES string of the molecule is CCOCCCNC(N)=NC[C@@H](C)N1CCC(C)CC1. The van der Waals surface area contributed by atoms with E-state index in [1.807, 2.05) is 6.92 Å². The molecule has 1 fully saturated rings. The first-order valence-corrected chi connectivity index (χ1v) is 7.99. The van der Waals surface area contributed by atoms with Gasteiger partial charge in [0.15, 0.2) is 5.96 Å². The molecule has 0 saturated carbocycles. The van der Waals surface area contributed by atoms with Gasteiger partial charge in [-0.2, -0.15) is 0 Å². The second-order valence-corrected chi connectivity index (χ2v) is 5.77. The summed E-state index contributed by atoms with van der Waals surface area (Å²) in [6.45, 7) is 12.1. The van der Waals surface area contributed by atoms with Crippen LogP contribution in [-0.2, 0) is 4.74 Å². The van der Waals surface area contributed by atoms with E-state index in [4.69, 9.17) is 10.5 Å². The van der Waals surface area contributed by atoms with Gasteiger partial charge in [0.25, 0.3) is 0 Å². The molecular weight excluding hydrogens is 252 g/mol. The third-order valence-electron chi connectivity index (χ3n) is 3.94. The number of guanidine groups is 1. The predicted molar refractivity (Wildman–Crippen MR) is 85.0 cm³/mol. The van der Waals surface area contributed by atoms with Crippen molar-refractivity contribution in [2.45, 2.75) is 46.1 Å². The van der Waals surface area contributed by atoms with Crippen molar-refractivity contribution in [1.82, 2.24) is 10.2 Å². The molecule has 1 aliphatic heterocycles. The number of hydrogen-bond acceptors (Lipinski definition) is 3. The molecule has 1 saturated heterocycles. The molecule has 1 rings (SSSR count). The van der Waals surface area contributed by atoms with Gasteiger partial charge in [-0.05, 0) is 52.1 Å². The highest BCUT2D eigenvalue weighted by molar-refractivity contribution is 5.77. The maximum atomic E-state index is 5.87. The summed E-state index contributed by atoms with van der Waals surface area (Å²) in [5, 5.41) is 3.14. The van der Waals surface area contributed by atoms with Crippen LogP contribution in [0.25, 0.3) is 0 Å². The Kier molecular flexibility index (Phi) is 8.62. The van der Waals surface area contributed by atoms with Gasteiger partial charge in [0.05, 0.1) is 6.54 Å². The van der Waals surface area contributed by atoms with Gasteiger partial charge in [-0.25, -0.2) is 0 Å². The Morgan fingerprint density at radius 3 is 2.80 bits per heavy atom. The normalized spacial score (nSPS) is 20.1. The summed E-state index contributed by atoms with van der Waals surface area (Å²) in [6, 6.07) is 0.478. The minimum Gasteiger partial charge on any atom is -0.382 e. The lowest BCUT2D eigenvalue weighted by molar-refractivity contribution is 0.145. The molecule has 0 aromatic rings. The van der Waals surface area contributed by atoms with Gasteiger partial charge in [-0.15, -0.1) is 0 Å². The molecule has 5 heteroatoms. The summed E-state index contributed by atoms with van der Waals surface area (Å²) >= 11 is 0. The fraction of sp³-hybridized carbons (Fsp3) is 0.933. The summed E-state index contributed by atoms with van der Waals surface area (Å²) in [6.07, 6.45) is 3.57. The molecule has 0 aromatic heterocycles. The smallest absolute Gasteiger partial charge is 0.188 e. The number of aliphatic imine (C=N–C) groups is 1. The number of nitrogens with zero attached hydrogens (tertiary/aromatic N) is 2. The molecule has 118 valence electrons. The maximum Gasteiger partial charge on any atom is 0.188 e. The topological polar surface area (TPSA) is 62.9 Å². The molecular formula is C15H32N4O. The third-order valence-corrected chi connectivity index (χ3v) is 3.94. The second kappa shape index (κ2) is 10.00. The van der Waals surface area contributed by atoms with Crippen LogP contribution in [0.2, 0.25) is 0 Å². The molecule has 0 aliphatic carbocycles. The molecule has 5 nitrogen and oxygen atoms in total. The van der Waals surface area contributed by atoms with Crippen molar-refractivity contribution >= 4 is 5.96 Å². The van der Waals surface area contributed by atoms with E-state index in [-0.39, 0.29) is 0 Å². The average Bonchev–Trinajstić information content (AvgIpc) is 2.45.